The van der Waals surface area contributed by atoms with Crippen molar-refractivity contribution in [3.63, 3.8) is 0 Å². The predicted octanol–water partition coefficient (Wildman–Crippen LogP) is 2.85. The zero-order valence-electron chi connectivity index (χ0n) is 13.2. The number of allylic oxidation sites excluding steroid dienone is 2. The number of hydrogen-bond acceptors (Lipinski definition) is 6. The topological polar surface area (TPSA) is 128 Å². The SMILES string of the molecule is CC(=N)C(=C(C)N)c1cc(-c2c(C)noc2C)cc(N)c1N. The highest BCUT2D eigenvalue weighted by Crippen LogP contribution is 2.36. The van der Waals surface area contributed by atoms with Crippen LogP contribution in [0.15, 0.2) is 22.4 Å². The summed E-state index contributed by atoms with van der Waals surface area (Å²) in [4.78, 5) is 0. The Morgan fingerprint density at radius 1 is 1.18 bits per heavy atom. The molecule has 1 aromatic carbocycles. The first-order valence-electron chi connectivity index (χ1n) is 6.88. The molecule has 1 aromatic heterocycles. The molecule has 0 aliphatic heterocycles. The van der Waals surface area contributed by atoms with Gasteiger partial charge in [0, 0.05) is 28.1 Å². The van der Waals surface area contributed by atoms with Crippen molar-refractivity contribution in [3.8, 4) is 11.1 Å². The number of nitrogens with one attached hydrogen (secondary N) is 1. The van der Waals surface area contributed by atoms with Gasteiger partial charge in [0.25, 0.3) is 0 Å². The number of benzene rings is 1. The molecule has 0 spiro atoms. The maximum Gasteiger partial charge on any atom is 0.141 e. The summed E-state index contributed by atoms with van der Waals surface area (Å²) in [6.45, 7) is 7.12. The molecule has 0 amide bonds. The Kier molecular flexibility index (Phi) is 3.95. The summed E-state index contributed by atoms with van der Waals surface area (Å²) < 4.78 is 5.21. The number of aromatic nitrogens is 1. The maximum absolute atomic E-state index is 7.95. The molecule has 2 rings (SSSR count). The summed E-state index contributed by atoms with van der Waals surface area (Å²) in [6, 6.07) is 3.66. The molecular weight excluding hydrogens is 278 g/mol. The number of aryl methyl sites for hydroxylation is 2. The van der Waals surface area contributed by atoms with Gasteiger partial charge in [-0.2, -0.15) is 0 Å². The van der Waals surface area contributed by atoms with Crippen molar-refractivity contribution in [2.75, 3.05) is 11.5 Å². The van der Waals surface area contributed by atoms with Gasteiger partial charge in [0.1, 0.15) is 5.76 Å². The van der Waals surface area contributed by atoms with Crippen LogP contribution < -0.4 is 17.2 Å². The Hall–Kier alpha value is -2.76. The van der Waals surface area contributed by atoms with E-state index in [9.17, 15) is 0 Å². The fraction of sp³-hybridized carbons (Fsp3) is 0.250. The summed E-state index contributed by atoms with van der Waals surface area (Å²) in [5.74, 6) is 0.703. The molecule has 1 heterocycles. The van der Waals surface area contributed by atoms with Crippen LogP contribution in [0.4, 0.5) is 11.4 Å². The summed E-state index contributed by atoms with van der Waals surface area (Å²) in [5, 5.41) is 11.9. The second-order valence-electron chi connectivity index (χ2n) is 5.41. The first kappa shape index (κ1) is 15.6. The monoisotopic (exact) mass is 299 g/mol. The van der Waals surface area contributed by atoms with Crippen LogP contribution in [0.3, 0.4) is 0 Å². The van der Waals surface area contributed by atoms with E-state index in [1.165, 1.54) is 0 Å². The molecule has 0 fully saturated rings. The number of nitrogens with zero attached hydrogens (tertiary/aromatic N) is 1. The molecule has 0 saturated heterocycles. The standard InChI is InChI=1S/C16H21N5O/c1-7(17)14(8(2)18)12-5-11(6-13(19)16(12)20)15-9(3)21-22-10(15)4/h5-6,17H,18-20H2,1-4H3. The van der Waals surface area contributed by atoms with Crippen molar-refractivity contribution in [3.05, 3.63) is 34.8 Å². The first-order chi connectivity index (χ1) is 10.2. The van der Waals surface area contributed by atoms with Crippen molar-refractivity contribution in [2.24, 2.45) is 5.73 Å². The summed E-state index contributed by atoms with van der Waals surface area (Å²) >= 11 is 0. The van der Waals surface area contributed by atoms with Crippen molar-refractivity contribution in [1.82, 2.24) is 5.16 Å². The molecule has 0 saturated carbocycles. The molecule has 0 bridgehead atoms. The molecule has 0 aliphatic carbocycles. The Morgan fingerprint density at radius 3 is 2.27 bits per heavy atom. The van der Waals surface area contributed by atoms with Gasteiger partial charge in [0.2, 0.25) is 0 Å². The number of rotatable bonds is 3. The minimum Gasteiger partial charge on any atom is -0.402 e. The van der Waals surface area contributed by atoms with Crippen molar-refractivity contribution >= 4 is 22.7 Å². The molecule has 7 N–H and O–H groups in total. The van der Waals surface area contributed by atoms with Crippen LogP contribution in [0.1, 0.15) is 30.9 Å². The van der Waals surface area contributed by atoms with Gasteiger partial charge in [-0.15, -0.1) is 0 Å². The highest BCUT2D eigenvalue weighted by Gasteiger charge is 2.18. The highest BCUT2D eigenvalue weighted by atomic mass is 16.5. The zero-order valence-corrected chi connectivity index (χ0v) is 13.2. The molecule has 6 nitrogen and oxygen atoms in total. The number of hydrogen-bond donors (Lipinski definition) is 4. The molecule has 116 valence electrons. The quantitative estimate of drug-likeness (QED) is 0.511. The van der Waals surface area contributed by atoms with Gasteiger partial charge >= 0.3 is 0 Å². The lowest BCUT2D eigenvalue weighted by Crippen LogP contribution is -2.09. The third-order valence-electron chi connectivity index (χ3n) is 3.57. The van der Waals surface area contributed by atoms with E-state index < -0.39 is 0 Å². The Morgan fingerprint density at radius 2 is 1.82 bits per heavy atom. The average Bonchev–Trinajstić information content (AvgIpc) is 2.73. The van der Waals surface area contributed by atoms with E-state index in [0.717, 1.165) is 16.8 Å². The van der Waals surface area contributed by atoms with Crippen LogP contribution >= 0.6 is 0 Å². The van der Waals surface area contributed by atoms with Crippen LogP contribution in [0, 0.1) is 19.3 Å². The Labute approximate surface area is 129 Å². The summed E-state index contributed by atoms with van der Waals surface area (Å²) in [6.07, 6.45) is 0. The van der Waals surface area contributed by atoms with Crippen LogP contribution in [-0.2, 0) is 0 Å². The van der Waals surface area contributed by atoms with E-state index in [1.54, 1.807) is 19.9 Å². The third-order valence-corrected chi connectivity index (χ3v) is 3.57. The van der Waals surface area contributed by atoms with E-state index in [4.69, 9.17) is 27.1 Å². The molecule has 0 radical (unpaired) electrons. The van der Waals surface area contributed by atoms with Crippen molar-refractivity contribution < 1.29 is 4.52 Å². The minimum atomic E-state index is 0.335. The second kappa shape index (κ2) is 5.55. The maximum atomic E-state index is 7.95. The normalized spacial score (nSPS) is 12.2. The van der Waals surface area contributed by atoms with Gasteiger partial charge in [-0.05, 0) is 45.4 Å². The van der Waals surface area contributed by atoms with E-state index in [-0.39, 0.29) is 0 Å². The van der Waals surface area contributed by atoms with E-state index in [1.807, 2.05) is 19.9 Å². The Bertz CT molecular complexity index is 763. The fourth-order valence-corrected chi connectivity index (χ4v) is 2.63. The van der Waals surface area contributed by atoms with Gasteiger partial charge in [0.05, 0.1) is 17.1 Å². The van der Waals surface area contributed by atoms with Crippen molar-refractivity contribution in [1.29, 1.82) is 5.41 Å². The van der Waals surface area contributed by atoms with Gasteiger partial charge in [-0.25, -0.2) is 0 Å². The number of nitrogens with two attached hydrogens (primary N) is 3. The number of nitrogen functional groups attached to an aromatic ring is 2. The molecule has 0 unspecified atom stereocenters. The minimum absolute atomic E-state index is 0.335. The lowest BCUT2D eigenvalue weighted by Gasteiger charge is -2.15. The average molecular weight is 299 g/mol. The zero-order chi connectivity index (χ0) is 16.6. The van der Waals surface area contributed by atoms with E-state index in [0.29, 0.717) is 39.7 Å². The van der Waals surface area contributed by atoms with E-state index in [2.05, 4.69) is 5.16 Å². The molecule has 2 aromatic rings. The summed E-state index contributed by atoms with van der Waals surface area (Å²) in [5.41, 5.74) is 23.6. The second-order valence-corrected chi connectivity index (χ2v) is 5.41. The molecular formula is C16H21N5O. The first-order valence-corrected chi connectivity index (χ1v) is 6.88. The van der Waals surface area contributed by atoms with Gasteiger partial charge < -0.3 is 27.1 Å². The van der Waals surface area contributed by atoms with Gasteiger partial charge in [-0.1, -0.05) is 5.16 Å². The largest absolute Gasteiger partial charge is 0.402 e. The molecule has 0 aliphatic rings. The number of anilines is 2. The van der Waals surface area contributed by atoms with Crippen LogP contribution in [0.25, 0.3) is 16.7 Å². The molecule has 0 atom stereocenters. The lowest BCUT2D eigenvalue weighted by molar-refractivity contribution is 0.393. The van der Waals surface area contributed by atoms with E-state index >= 15 is 0 Å². The molecule has 22 heavy (non-hydrogen) atoms. The fourth-order valence-electron chi connectivity index (χ4n) is 2.63. The molecule has 6 heteroatoms. The summed E-state index contributed by atoms with van der Waals surface area (Å²) in [7, 11) is 0. The third kappa shape index (κ3) is 2.55. The smallest absolute Gasteiger partial charge is 0.141 e. The van der Waals surface area contributed by atoms with Crippen LogP contribution in [0.5, 0.6) is 0 Å². The van der Waals surface area contributed by atoms with Crippen LogP contribution in [-0.4, -0.2) is 10.9 Å². The van der Waals surface area contributed by atoms with Crippen LogP contribution in [0.2, 0.25) is 0 Å². The van der Waals surface area contributed by atoms with Gasteiger partial charge in [-0.3, -0.25) is 0 Å². The lowest BCUT2D eigenvalue weighted by atomic mass is 9.93. The van der Waals surface area contributed by atoms with Crippen molar-refractivity contribution in [2.45, 2.75) is 27.7 Å². The Balaban J connectivity index is 2.78. The predicted molar refractivity (Wildman–Crippen MR) is 90.4 cm³/mol. The van der Waals surface area contributed by atoms with Gasteiger partial charge in [0.15, 0.2) is 0 Å². The highest BCUT2D eigenvalue weighted by molar-refractivity contribution is 6.23.